The fraction of sp³-hybridized carbons (Fsp3) is 0.395. The molecule has 23 heteroatoms. The molecular formula is C43H56N10O13. The molecule has 0 heterocycles. The highest BCUT2D eigenvalue weighted by Crippen LogP contribution is 2.12. The highest BCUT2D eigenvalue weighted by Gasteiger charge is 2.33. The van der Waals surface area contributed by atoms with Gasteiger partial charge in [0.2, 0.25) is 41.4 Å². The van der Waals surface area contributed by atoms with E-state index in [0.717, 1.165) is 0 Å². The van der Waals surface area contributed by atoms with Crippen molar-refractivity contribution in [2.75, 3.05) is 19.7 Å². The number of phenols is 1. The highest BCUT2D eigenvalue weighted by molar-refractivity contribution is 5.97. The molecule has 0 radical (unpaired) electrons. The zero-order valence-corrected chi connectivity index (χ0v) is 35.9. The van der Waals surface area contributed by atoms with Crippen molar-refractivity contribution < 1.29 is 58.7 Å². The number of carboxylic acid groups (broad SMARTS) is 1. The number of aromatic hydroxyl groups is 1. The third kappa shape index (κ3) is 19.0. The summed E-state index contributed by atoms with van der Waals surface area (Å²) in [5.41, 5.74) is 14.3. The minimum Gasteiger partial charge on any atom is -0.508 e. The number of nitrogens with one attached hydrogen (secondary N) is 7. The van der Waals surface area contributed by atoms with Gasteiger partial charge in [-0.15, -0.1) is 5.43 Å². The van der Waals surface area contributed by atoms with Crippen LogP contribution in [0.2, 0.25) is 0 Å². The third-order valence-corrected chi connectivity index (χ3v) is 9.92. The molecule has 0 fully saturated rings. The maximum Gasteiger partial charge on any atom is 0.326 e. The topological polar surface area (TPSA) is 377 Å². The van der Waals surface area contributed by atoms with Crippen LogP contribution in [0.25, 0.3) is 0 Å². The van der Waals surface area contributed by atoms with Gasteiger partial charge in [0, 0.05) is 25.7 Å². The van der Waals surface area contributed by atoms with Crippen molar-refractivity contribution >= 4 is 47.3 Å². The van der Waals surface area contributed by atoms with Gasteiger partial charge >= 0.3 is 5.97 Å². The first kappa shape index (κ1) is 52.7. The quantitative estimate of drug-likeness (QED) is 0.0196. The molecule has 0 unspecified atom stereocenters. The molecule has 7 amide bonds. The number of nitro groups is 1. The lowest BCUT2D eigenvalue weighted by Gasteiger charge is -2.26. The number of nitrogens with two attached hydrogens (primary N) is 2. The number of primary amides is 1. The number of hydrogen-bond donors (Lipinski definition) is 12. The first-order valence-electron chi connectivity index (χ1n) is 20.9. The third-order valence-electron chi connectivity index (χ3n) is 9.92. The van der Waals surface area contributed by atoms with Crippen LogP contribution in [0, 0.1) is 10.1 Å². The number of rotatable bonds is 29. The number of unbranched alkanes of at least 4 members (excludes halogenated alkanes) is 1. The molecule has 6 atom stereocenters. The van der Waals surface area contributed by atoms with Gasteiger partial charge in [0.05, 0.1) is 13.2 Å². The Bertz CT molecular complexity index is 2110. The molecular weight excluding hydrogens is 865 g/mol. The van der Waals surface area contributed by atoms with E-state index >= 15 is 0 Å². The number of phenolic OH excluding ortho intramolecular Hbond substituents is 1. The van der Waals surface area contributed by atoms with E-state index in [1.807, 2.05) is 5.43 Å². The summed E-state index contributed by atoms with van der Waals surface area (Å²) in [5, 5.41) is 54.2. The van der Waals surface area contributed by atoms with Crippen LogP contribution < -0.4 is 48.8 Å². The predicted molar refractivity (Wildman–Crippen MR) is 235 cm³/mol. The number of amides is 7. The zero-order chi connectivity index (χ0) is 48.6. The van der Waals surface area contributed by atoms with Crippen molar-refractivity contribution in [3.8, 4) is 5.75 Å². The molecule has 3 rings (SSSR count). The van der Waals surface area contributed by atoms with E-state index in [4.69, 9.17) is 11.5 Å². The molecule has 0 saturated heterocycles. The standard InChI is InChI=1S/C43H56N10O13/c44-20-8-7-13-31(43(63)64)48-40(60)32(21-26-9-3-1-4-10-26)49-41(61)33(22-27-11-5-2-6-12-27)50-42(62)35(25-54)51-39(59)30(18-19-36(45)56)47-37(57)24-46-38(58)34(52-53(65)66)23-28-14-16-29(55)17-15-28/h1-6,9-12,14-17,30-35,52,54-55H,7-8,13,18-25,44H2,(H2,45,56)(H,46,58)(H,47,57)(H,48,60)(H,49,61)(H,50,62)(H,51,59)(H,63,64)/t30-,31-,32-,33-,34-,35-/m0/s1. The summed E-state index contributed by atoms with van der Waals surface area (Å²) in [5.74, 6) is -8.08. The molecule has 0 bridgehead atoms. The van der Waals surface area contributed by atoms with E-state index < -0.39 is 115 Å². The van der Waals surface area contributed by atoms with Gasteiger partial charge in [0.1, 0.15) is 36.0 Å². The second kappa shape index (κ2) is 27.5. The van der Waals surface area contributed by atoms with Crippen LogP contribution in [0.1, 0.15) is 48.8 Å². The van der Waals surface area contributed by atoms with Gasteiger partial charge in [-0.05, 0) is 61.1 Å². The van der Waals surface area contributed by atoms with Gasteiger partial charge in [-0.2, -0.15) is 0 Å². The van der Waals surface area contributed by atoms with Crippen LogP contribution in [-0.4, -0.2) is 124 Å². The van der Waals surface area contributed by atoms with E-state index in [2.05, 4.69) is 31.9 Å². The fourth-order valence-corrected chi connectivity index (χ4v) is 6.43. The molecule has 3 aromatic carbocycles. The van der Waals surface area contributed by atoms with Gasteiger partial charge in [-0.1, -0.05) is 72.8 Å². The van der Waals surface area contributed by atoms with Crippen LogP contribution in [-0.2, 0) is 57.6 Å². The van der Waals surface area contributed by atoms with E-state index in [1.54, 1.807) is 60.7 Å². The first-order valence-corrected chi connectivity index (χ1v) is 20.9. The molecule has 0 spiro atoms. The Kier molecular flexibility index (Phi) is 22.0. The second-order valence-corrected chi connectivity index (χ2v) is 15.1. The zero-order valence-electron chi connectivity index (χ0n) is 35.9. The van der Waals surface area contributed by atoms with Crippen molar-refractivity contribution in [2.24, 2.45) is 11.5 Å². The number of nitrogens with zero attached hydrogens (tertiary/aromatic N) is 1. The fourth-order valence-electron chi connectivity index (χ4n) is 6.43. The SMILES string of the molecule is NCCCC[C@H](NC(=O)[C@H](Cc1ccccc1)NC(=O)[C@H](Cc1ccccc1)NC(=O)[C@H](CO)NC(=O)[C@H](CCC(N)=O)NC(=O)CNC(=O)[C@H](Cc1ccc(O)cc1)N[N+](=O)[O-])C(=O)O. The highest BCUT2D eigenvalue weighted by atomic mass is 16.7. The lowest BCUT2D eigenvalue weighted by atomic mass is 10.0. The van der Waals surface area contributed by atoms with Crippen molar-refractivity contribution in [3.63, 3.8) is 0 Å². The number of carbonyl (C=O) groups excluding carboxylic acids is 7. The number of benzene rings is 3. The Balaban J connectivity index is 1.78. The molecule has 356 valence electrons. The molecule has 0 aliphatic heterocycles. The Morgan fingerprint density at radius 2 is 1.06 bits per heavy atom. The number of aliphatic hydroxyl groups is 1. The molecule has 0 aromatic heterocycles. The van der Waals surface area contributed by atoms with Crippen molar-refractivity contribution in [1.82, 2.24) is 37.3 Å². The normalized spacial score (nSPS) is 13.5. The number of aliphatic carboxylic acids is 1. The van der Waals surface area contributed by atoms with Gasteiger partial charge in [-0.25, -0.2) is 14.9 Å². The van der Waals surface area contributed by atoms with Crippen LogP contribution in [0.15, 0.2) is 84.9 Å². The Morgan fingerprint density at radius 3 is 1.55 bits per heavy atom. The lowest BCUT2D eigenvalue weighted by molar-refractivity contribution is -0.548. The molecule has 0 aliphatic rings. The van der Waals surface area contributed by atoms with Crippen molar-refractivity contribution in [1.29, 1.82) is 0 Å². The maximum absolute atomic E-state index is 14.1. The van der Waals surface area contributed by atoms with E-state index in [9.17, 15) is 63.8 Å². The average Bonchev–Trinajstić information content (AvgIpc) is 3.28. The van der Waals surface area contributed by atoms with Crippen LogP contribution >= 0.6 is 0 Å². The molecule has 66 heavy (non-hydrogen) atoms. The Hall–Kier alpha value is -7.66. The minimum absolute atomic E-state index is 0.0714. The number of carbonyl (C=O) groups is 8. The van der Waals surface area contributed by atoms with Gasteiger partial charge in [-0.3, -0.25) is 33.6 Å². The Labute approximate surface area is 378 Å². The Morgan fingerprint density at radius 1 is 0.591 bits per heavy atom. The lowest BCUT2D eigenvalue weighted by Crippen LogP contribution is -2.60. The maximum atomic E-state index is 14.1. The van der Waals surface area contributed by atoms with Gasteiger partial charge < -0.3 is 58.7 Å². The number of hydrazine groups is 1. The van der Waals surface area contributed by atoms with E-state index in [-0.39, 0.29) is 31.4 Å². The van der Waals surface area contributed by atoms with Gasteiger partial charge in [0.15, 0.2) is 11.1 Å². The van der Waals surface area contributed by atoms with Crippen molar-refractivity contribution in [3.05, 3.63) is 112 Å². The summed E-state index contributed by atoms with van der Waals surface area (Å²) in [6.45, 7) is -1.52. The number of hydrogen-bond acceptors (Lipinski definition) is 13. The smallest absolute Gasteiger partial charge is 0.326 e. The summed E-state index contributed by atoms with van der Waals surface area (Å²) in [4.78, 5) is 116. The predicted octanol–water partition coefficient (Wildman–Crippen LogP) is -2.42. The summed E-state index contributed by atoms with van der Waals surface area (Å²) in [6.07, 6.45) is -0.313. The molecule has 0 saturated carbocycles. The monoisotopic (exact) mass is 920 g/mol. The van der Waals surface area contributed by atoms with Crippen LogP contribution in [0.5, 0.6) is 5.75 Å². The molecule has 0 aliphatic carbocycles. The summed E-state index contributed by atoms with van der Waals surface area (Å²) < 4.78 is 0. The van der Waals surface area contributed by atoms with E-state index in [0.29, 0.717) is 36.1 Å². The molecule has 14 N–H and O–H groups in total. The molecule has 3 aromatic rings. The largest absolute Gasteiger partial charge is 0.508 e. The average molecular weight is 921 g/mol. The van der Waals surface area contributed by atoms with Crippen molar-refractivity contribution in [2.45, 2.75) is 87.6 Å². The summed E-state index contributed by atoms with van der Waals surface area (Å²) >= 11 is 0. The van der Waals surface area contributed by atoms with Crippen LogP contribution in [0.4, 0.5) is 0 Å². The summed E-state index contributed by atoms with van der Waals surface area (Å²) in [6, 6.07) is 13.5. The van der Waals surface area contributed by atoms with Crippen LogP contribution in [0.3, 0.4) is 0 Å². The minimum atomic E-state index is -1.77. The number of aliphatic hydroxyl groups excluding tert-OH is 1. The first-order chi connectivity index (χ1) is 31.5. The molecule has 23 nitrogen and oxygen atoms in total. The number of carboxylic acids is 1. The summed E-state index contributed by atoms with van der Waals surface area (Å²) in [7, 11) is 0. The van der Waals surface area contributed by atoms with Gasteiger partial charge in [0.25, 0.3) is 0 Å². The van der Waals surface area contributed by atoms with E-state index in [1.165, 1.54) is 24.3 Å². The second-order valence-electron chi connectivity index (χ2n) is 15.1.